The molecule has 0 N–H and O–H groups in total. The van der Waals surface area contributed by atoms with Gasteiger partial charge in [-0.15, -0.1) is 0 Å². The molecule has 0 unspecified atom stereocenters. The summed E-state index contributed by atoms with van der Waals surface area (Å²) in [7, 11) is 0. The number of nitrogens with zero attached hydrogens (tertiary/aromatic N) is 2. The van der Waals surface area contributed by atoms with E-state index in [2.05, 4.69) is 15.9 Å². The van der Waals surface area contributed by atoms with Crippen molar-refractivity contribution in [1.82, 2.24) is 4.57 Å². The molecule has 6 nitrogen and oxygen atoms in total. The van der Waals surface area contributed by atoms with Crippen molar-refractivity contribution in [2.45, 2.75) is 19.4 Å². The predicted molar refractivity (Wildman–Crippen MR) is 68.6 cm³/mol. The van der Waals surface area contributed by atoms with Gasteiger partial charge in [0, 0.05) is 36.5 Å². The number of hydrogen-bond acceptors (Lipinski definition) is 4. The van der Waals surface area contributed by atoms with Crippen LogP contribution in [-0.2, 0) is 11.3 Å². The van der Waals surface area contributed by atoms with E-state index in [1.54, 1.807) is 6.20 Å². The Hall–Kier alpha value is -1.21. The maximum absolute atomic E-state index is 11.9. The van der Waals surface area contributed by atoms with Crippen LogP contribution in [0.3, 0.4) is 0 Å². The molecular weight excluding hydrogens is 304 g/mol. The molecule has 0 aliphatic carbocycles. The molecule has 1 saturated heterocycles. The van der Waals surface area contributed by atoms with Crippen molar-refractivity contribution in [2.24, 2.45) is 5.92 Å². The molecular formula is C11H13BrN2O4. The molecule has 1 aliphatic rings. The Kier molecular flexibility index (Phi) is 4.13. The Bertz CT molecular complexity index is 508. The van der Waals surface area contributed by atoms with Crippen LogP contribution in [-0.4, -0.2) is 22.7 Å². The van der Waals surface area contributed by atoms with E-state index in [9.17, 15) is 14.9 Å². The molecule has 1 fully saturated rings. The number of ether oxygens (including phenoxy) is 1. The first-order chi connectivity index (χ1) is 8.58. The van der Waals surface area contributed by atoms with Gasteiger partial charge in [-0.2, -0.15) is 0 Å². The fourth-order valence-corrected chi connectivity index (χ4v) is 2.52. The normalized spacial score (nSPS) is 16.7. The average molecular weight is 317 g/mol. The third-order valence-corrected chi connectivity index (χ3v) is 3.46. The largest absolute Gasteiger partial charge is 0.381 e. The molecule has 98 valence electrons. The summed E-state index contributed by atoms with van der Waals surface area (Å²) in [6.07, 6.45) is 3.37. The summed E-state index contributed by atoms with van der Waals surface area (Å²) in [5, 5.41) is 10.8. The van der Waals surface area contributed by atoms with Gasteiger partial charge in [0.05, 0.1) is 4.92 Å². The highest BCUT2D eigenvalue weighted by molar-refractivity contribution is 9.10. The molecule has 2 rings (SSSR count). The summed E-state index contributed by atoms with van der Waals surface area (Å²) >= 11 is 3.19. The van der Waals surface area contributed by atoms with Crippen LogP contribution in [0.5, 0.6) is 0 Å². The minimum absolute atomic E-state index is 0.338. The monoisotopic (exact) mass is 316 g/mol. The van der Waals surface area contributed by atoms with Gasteiger partial charge < -0.3 is 9.30 Å². The molecule has 1 aromatic rings. The van der Waals surface area contributed by atoms with Gasteiger partial charge >= 0.3 is 11.2 Å². The number of nitro groups is 1. The summed E-state index contributed by atoms with van der Waals surface area (Å²) in [5.74, 6) is 0.338. The molecule has 0 saturated carbocycles. The summed E-state index contributed by atoms with van der Waals surface area (Å²) in [5.41, 5.74) is -0.939. The van der Waals surface area contributed by atoms with Crippen LogP contribution in [0.2, 0.25) is 0 Å². The molecule has 7 heteroatoms. The molecule has 0 aromatic carbocycles. The van der Waals surface area contributed by atoms with Crippen LogP contribution in [0.4, 0.5) is 5.69 Å². The second kappa shape index (κ2) is 5.62. The van der Waals surface area contributed by atoms with Crippen molar-refractivity contribution < 1.29 is 9.66 Å². The van der Waals surface area contributed by atoms with E-state index in [1.165, 1.54) is 10.6 Å². The number of pyridine rings is 1. The van der Waals surface area contributed by atoms with E-state index in [4.69, 9.17) is 4.74 Å². The third-order valence-electron chi connectivity index (χ3n) is 3.03. The maximum atomic E-state index is 11.9. The standard InChI is InChI=1S/C11H13BrN2O4/c12-9-5-10(14(16)17)11(15)13(7-9)6-8-1-3-18-4-2-8/h5,7-8H,1-4,6H2. The molecule has 2 heterocycles. The Morgan fingerprint density at radius 1 is 1.50 bits per heavy atom. The van der Waals surface area contributed by atoms with Crippen molar-refractivity contribution in [1.29, 1.82) is 0 Å². The highest BCUT2D eigenvalue weighted by Gasteiger charge is 2.19. The van der Waals surface area contributed by atoms with Crippen molar-refractivity contribution in [3.8, 4) is 0 Å². The van der Waals surface area contributed by atoms with Crippen molar-refractivity contribution in [3.05, 3.63) is 37.2 Å². The van der Waals surface area contributed by atoms with Crippen LogP contribution in [0.15, 0.2) is 21.5 Å². The minimum atomic E-state index is -0.645. The van der Waals surface area contributed by atoms with Gasteiger partial charge in [0.1, 0.15) is 0 Å². The maximum Gasteiger partial charge on any atom is 0.335 e. The first-order valence-electron chi connectivity index (χ1n) is 5.70. The Morgan fingerprint density at radius 2 is 2.17 bits per heavy atom. The quantitative estimate of drug-likeness (QED) is 0.631. The topological polar surface area (TPSA) is 74.4 Å². The number of hydrogen-bond donors (Lipinski definition) is 0. The van der Waals surface area contributed by atoms with Crippen LogP contribution >= 0.6 is 15.9 Å². The van der Waals surface area contributed by atoms with Crippen LogP contribution < -0.4 is 5.56 Å². The summed E-state index contributed by atoms with van der Waals surface area (Å²) < 4.78 is 7.21. The van der Waals surface area contributed by atoms with Gasteiger partial charge in [0.2, 0.25) is 0 Å². The molecule has 0 bridgehead atoms. The summed E-state index contributed by atoms with van der Waals surface area (Å²) in [4.78, 5) is 22.0. The molecule has 0 atom stereocenters. The van der Waals surface area contributed by atoms with Gasteiger partial charge in [-0.25, -0.2) is 0 Å². The molecule has 0 spiro atoms. The van der Waals surface area contributed by atoms with Gasteiger partial charge in [0.25, 0.3) is 0 Å². The van der Waals surface area contributed by atoms with E-state index in [0.29, 0.717) is 30.1 Å². The second-order valence-corrected chi connectivity index (χ2v) is 5.23. The van der Waals surface area contributed by atoms with Crippen LogP contribution in [0.25, 0.3) is 0 Å². The van der Waals surface area contributed by atoms with E-state index in [-0.39, 0.29) is 0 Å². The van der Waals surface area contributed by atoms with E-state index >= 15 is 0 Å². The zero-order chi connectivity index (χ0) is 13.1. The SMILES string of the molecule is O=c1c([N+](=O)[O-])cc(Br)cn1CC1CCOCC1. The predicted octanol–water partition coefficient (Wildman–Crippen LogP) is 1.95. The summed E-state index contributed by atoms with van der Waals surface area (Å²) in [6, 6.07) is 1.24. The fourth-order valence-electron chi connectivity index (χ4n) is 2.06. The smallest absolute Gasteiger partial charge is 0.335 e. The second-order valence-electron chi connectivity index (χ2n) is 4.31. The number of rotatable bonds is 3. The zero-order valence-corrected chi connectivity index (χ0v) is 11.3. The van der Waals surface area contributed by atoms with E-state index in [0.717, 1.165) is 12.8 Å². The van der Waals surface area contributed by atoms with Crippen molar-refractivity contribution in [3.63, 3.8) is 0 Å². The Labute approximate surface area is 112 Å². The fraction of sp³-hybridized carbons (Fsp3) is 0.545. The van der Waals surface area contributed by atoms with Crippen LogP contribution in [0.1, 0.15) is 12.8 Å². The Morgan fingerprint density at radius 3 is 2.78 bits per heavy atom. The lowest BCUT2D eigenvalue weighted by Crippen LogP contribution is -2.28. The molecule has 1 aliphatic heterocycles. The number of aromatic nitrogens is 1. The van der Waals surface area contributed by atoms with Gasteiger partial charge in [-0.3, -0.25) is 14.9 Å². The molecule has 1 aromatic heterocycles. The highest BCUT2D eigenvalue weighted by atomic mass is 79.9. The lowest BCUT2D eigenvalue weighted by molar-refractivity contribution is -0.386. The molecule has 0 amide bonds. The van der Waals surface area contributed by atoms with Gasteiger partial charge in [-0.1, -0.05) is 0 Å². The lowest BCUT2D eigenvalue weighted by Gasteiger charge is -2.22. The highest BCUT2D eigenvalue weighted by Crippen LogP contribution is 2.19. The zero-order valence-electron chi connectivity index (χ0n) is 9.67. The Balaban J connectivity index is 2.26. The first-order valence-corrected chi connectivity index (χ1v) is 6.49. The molecule has 0 radical (unpaired) electrons. The number of halogens is 1. The van der Waals surface area contributed by atoms with Gasteiger partial charge in [0.15, 0.2) is 0 Å². The third kappa shape index (κ3) is 2.97. The minimum Gasteiger partial charge on any atom is -0.381 e. The first kappa shape index (κ1) is 13.2. The summed E-state index contributed by atoms with van der Waals surface area (Å²) in [6.45, 7) is 1.88. The lowest BCUT2D eigenvalue weighted by atomic mass is 10.0. The van der Waals surface area contributed by atoms with Crippen molar-refractivity contribution >= 4 is 21.6 Å². The van der Waals surface area contributed by atoms with E-state index in [1.807, 2.05) is 0 Å². The molecule has 18 heavy (non-hydrogen) atoms. The van der Waals surface area contributed by atoms with E-state index < -0.39 is 16.2 Å². The van der Waals surface area contributed by atoms with Gasteiger partial charge in [-0.05, 0) is 34.7 Å². The average Bonchev–Trinajstić information content (AvgIpc) is 2.34. The van der Waals surface area contributed by atoms with Crippen LogP contribution in [0, 0.1) is 16.0 Å². The van der Waals surface area contributed by atoms with Crippen molar-refractivity contribution in [2.75, 3.05) is 13.2 Å².